The number of nitrogens with one attached hydrogen (secondary N) is 1. The van der Waals surface area contributed by atoms with E-state index in [2.05, 4.69) is 27.7 Å². The highest BCUT2D eigenvalue weighted by atomic mass is 32.1. The van der Waals surface area contributed by atoms with Gasteiger partial charge in [-0.05, 0) is 13.5 Å². The van der Waals surface area contributed by atoms with Crippen LogP contribution < -0.4 is 5.32 Å². The van der Waals surface area contributed by atoms with E-state index in [1.165, 1.54) is 0 Å². The Morgan fingerprint density at radius 1 is 1.56 bits per heavy atom. The maximum absolute atomic E-state index is 4.53. The highest BCUT2D eigenvalue weighted by molar-refractivity contribution is 7.09. The van der Waals surface area contributed by atoms with Crippen LogP contribution in [0.5, 0.6) is 0 Å². The van der Waals surface area contributed by atoms with E-state index in [0.29, 0.717) is 0 Å². The molecule has 0 spiro atoms. The van der Waals surface area contributed by atoms with E-state index in [1.807, 2.05) is 31.0 Å². The molecule has 0 aliphatic heterocycles. The van der Waals surface area contributed by atoms with E-state index in [-0.39, 0.29) is 6.04 Å². The standard InChI is InChI=1S/C11H16N4S/c1-4-12-11(9-5-13-15(3)6-9)10-7-16-8(2)14-10/h5-7,11-12H,4H2,1-3H3. The lowest BCUT2D eigenvalue weighted by Crippen LogP contribution is -2.21. The fourth-order valence-electron chi connectivity index (χ4n) is 1.70. The molecular weight excluding hydrogens is 220 g/mol. The van der Waals surface area contributed by atoms with Crippen molar-refractivity contribution in [2.24, 2.45) is 7.05 Å². The van der Waals surface area contributed by atoms with Gasteiger partial charge < -0.3 is 5.32 Å². The number of hydrogen-bond donors (Lipinski definition) is 1. The number of aryl methyl sites for hydroxylation is 2. The van der Waals surface area contributed by atoms with Crippen molar-refractivity contribution >= 4 is 11.3 Å². The third-order valence-corrected chi connectivity index (χ3v) is 3.19. The molecule has 1 atom stereocenters. The van der Waals surface area contributed by atoms with Gasteiger partial charge in [0.2, 0.25) is 0 Å². The maximum Gasteiger partial charge on any atom is 0.0898 e. The van der Waals surface area contributed by atoms with E-state index in [4.69, 9.17) is 0 Å². The molecular formula is C11H16N4S. The third-order valence-electron chi connectivity index (χ3n) is 2.40. The summed E-state index contributed by atoms with van der Waals surface area (Å²) in [6.45, 7) is 5.04. The third kappa shape index (κ3) is 2.31. The van der Waals surface area contributed by atoms with Crippen LogP contribution in [0.25, 0.3) is 0 Å². The highest BCUT2D eigenvalue weighted by Gasteiger charge is 2.16. The molecule has 0 saturated carbocycles. The predicted molar refractivity (Wildman–Crippen MR) is 65.6 cm³/mol. The molecule has 0 bridgehead atoms. The van der Waals surface area contributed by atoms with Crippen LogP contribution in [0.3, 0.4) is 0 Å². The first-order valence-corrected chi connectivity index (χ1v) is 6.22. The molecule has 86 valence electrons. The maximum atomic E-state index is 4.53. The van der Waals surface area contributed by atoms with E-state index in [0.717, 1.165) is 22.8 Å². The van der Waals surface area contributed by atoms with Crippen molar-refractivity contribution in [3.8, 4) is 0 Å². The van der Waals surface area contributed by atoms with Crippen LogP contribution in [0.4, 0.5) is 0 Å². The SMILES string of the molecule is CCNC(c1cnn(C)c1)c1csc(C)n1. The number of nitrogens with zero attached hydrogens (tertiary/aromatic N) is 3. The van der Waals surface area contributed by atoms with E-state index >= 15 is 0 Å². The molecule has 2 heterocycles. The van der Waals surface area contributed by atoms with Crippen molar-refractivity contribution < 1.29 is 0 Å². The minimum atomic E-state index is 0.156. The summed E-state index contributed by atoms with van der Waals surface area (Å²) in [5, 5.41) is 10.8. The molecule has 0 aromatic carbocycles. The van der Waals surface area contributed by atoms with Crippen LogP contribution in [0.1, 0.15) is 29.2 Å². The smallest absolute Gasteiger partial charge is 0.0898 e. The van der Waals surface area contributed by atoms with Gasteiger partial charge in [-0.3, -0.25) is 4.68 Å². The molecule has 0 aliphatic rings. The van der Waals surface area contributed by atoms with Gasteiger partial charge in [0, 0.05) is 24.2 Å². The van der Waals surface area contributed by atoms with Gasteiger partial charge in [0.1, 0.15) is 0 Å². The van der Waals surface area contributed by atoms with Crippen molar-refractivity contribution in [3.05, 3.63) is 34.0 Å². The molecule has 5 heteroatoms. The van der Waals surface area contributed by atoms with Gasteiger partial charge in [-0.15, -0.1) is 11.3 Å². The highest BCUT2D eigenvalue weighted by Crippen LogP contribution is 2.22. The average Bonchev–Trinajstić information content (AvgIpc) is 2.84. The average molecular weight is 236 g/mol. The van der Waals surface area contributed by atoms with E-state index in [1.54, 1.807) is 11.3 Å². The van der Waals surface area contributed by atoms with Crippen molar-refractivity contribution in [2.45, 2.75) is 19.9 Å². The van der Waals surface area contributed by atoms with Gasteiger partial charge in [-0.2, -0.15) is 5.10 Å². The second-order valence-electron chi connectivity index (χ2n) is 3.73. The lowest BCUT2D eigenvalue weighted by Gasteiger charge is -2.13. The zero-order valence-electron chi connectivity index (χ0n) is 9.77. The minimum Gasteiger partial charge on any atom is -0.305 e. The molecule has 1 unspecified atom stereocenters. The Morgan fingerprint density at radius 2 is 2.38 bits per heavy atom. The molecule has 2 rings (SSSR count). The Balaban J connectivity index is 2.30. The van der Waals surface area contributed by atoms with Crippen LogP contribution in [0, 0.1) is 6.92 Å². The Hall–Kier alpha value is -1.20. The quantitative estimate of drug-likeness (QED) is 0.881. The van der Waals surface area contributed by atoms with Gasteiger partial charge in [0.05, 0.1) is 22.9 Å². The van der Waals surface area contributed by atoms with Gasteiger partial charge in [-0.1, -0.05) is 6.92 Å². The summed E-state index contributed by atoms with van der Waals surface area (Å²) < 4.78 is 1.82. The Morgan fingerprint density at radius 3 is 2.88 bits per heavy atom. The van der Waals surface area contributed by atoms with Crippen LogP contribution >= 0.6 is 11.3 Å². The molecule has 2 aromatic rings. The van der Waals surface area contributed by atoms with Gasteiger partial charge in [0.25, 0.3) is 0 Å². The van der Waals surface area contributed by atoms with E-state index < -0.39 is 0 Å². The lowest BCUT2D eigenvalue weighted by molar-refractivity contribution is 0.617. The molecule has 1 N–H and O–H groups in total. The topological polar surface area (TPSA) is 42.7 Å². The molecule has 0 fully saturated rings. The fourth-order valence-corrected chi connectivity index (χ4v) is 2.34. The van der Waals surface area contributed by atoms with Crippen molar-refractivity contribution in [3.63, 3.8) is 0 Å². The van der Waals surface area contributed by atoms with Crippen LogP contribution in [0.2, 0.25) is 0 Å². The Bertz CT molecular complexity index is 420. The fraction of sp³-hybridized carbons (Fsp3) is 0.455. The summed E-state index contributed by atoms with van der Waals surface area (Å²) in [5.41, 5.74) is 2.24. The van der Waals surface area contributed by atoms with Crippen LogP contribution in [-0.4, -0.2) is 21.3 Å². The van der Waals surface area contributed by atoms with E-state index in [9.17, 15) is 0 Å². The summed E-state index contributed by atoms with van der Waals surface area (Å²) in [7, 11) is 1.93. The summed E-state index contributed by atoms with van der Waals surface area (Å²) in [4.78, 5) is 4.53. The molecule has 16 heavy (non-hydrogen) atoms. The largest absolute Gasteiger partial charge is 0.305 e. The first-order chi connectivity index (χ1) is 7.70. The molecule has 4 nitrogen and oxygen atoms in total. The lowest BCUT2D eigenvalue weighted by atomic mass is 10.1. The summed E-state index contributed by atoms with van der Waals surface area (Å²) in [6, 6.07) is 0.156. The van der Waals surface area contributed by atoms with Crippen molar-refractivity contribution in [1.29, 1.82) is 0 Å². The number of aromatic nitrogens is 3. The van der Waals surface area contributed by atoms with Gasteiger partial charge in [-0.25, -0.2) is 4.98 Å². The number of rotatable bonds is 4. The Kier molecular flexibility index (Phi) is 3.36. The van der Waals surface area contributed by atoms with Crippen molar-refractivity contribution in [1.82, 2.24) is 20.1 Å². The normalized spacial score (nSPS) is 12.9. The second-order valence-corrected chi connectivity index (χ2v) is 4.79. The summed E-state index contributed by atoms with van der Waals surface area (Å²) in [5.74, 6) is 0. The minimum absolute atomic E-state index is 0.156. The molecule has 0 aliphatic carbocycles. The predicted octanol–water partition coefficient (Wildman–Crippen LogP) is 1.88. The second kappa shape index (κ2) is 4.76. The molecule has 2 aromatic heterocycles. The summed E-state index contributed by atoms with van der Waals surface area (Å²) in [6.07, 6.45) is 3.92. The van der Waals surface area contributed by atoms with Gasteiger partial charge in [0.15, 0.2) is 0 Å². The molecule has 0 amide bonds. The number of thiazole rings is 1. The van der Waals surface area contributed by atoms with Gasteiger partial charge >= 0.3 is 0 Å². The summed E-state index contributed by atoms with van der Waals surface area (Å²) >= 11 is 1.68. The van der Waals surface area contributed by atoms with Crippen LogP contribution in [-0.2, 0) is 7.05 Å². The van der Waals surface area contributed by atoms with Crippen LogP contribution in [0.15, 0.2) is 17.8 Å². The molecule has 0 saturated heterocycles. The molecule has 0 radical (unpaired) electrons. The Labute approximate surface area is 99.3 Å². The van der Waals surface area contributed by atoms with Crippen molar-refractivity contribution in [2.75, 3.05) is 6.54 Å². The zero-order chi connectivity index (χ0) is 11.5. The monoisotopic (exact) mass is 236 g/mol. The first kappa shape index (κ1) is 11.3. The first-order valence-electron chi connectivity index (χ1n) is 5.34. The number of hydrogen-bond acceptors (Lipinski definition) is 4. The zero-order valence-corrected chi connectivity index (χ0v) is 10.6.